The Morgan fingerprint density at radius 2 is 1.04 bits per heavy atom. The number of hydrogen-bond donors (Lipinski definition) is 0. The molecule has 47 heavy (non-hydrogen) atoms. The molecule has 0 N–H and O–H groups in total. The van der Waals surface area contributed by atoms with Crippen molar-refractivity contribution in [2.24, 2.45) is 0 Å². The minimum Gasteiger partial charge on any atom is -0.455 e. The molecule has 1 nitrogen and oxygen atoms in total. The predicted molar refractivity (Wildman–Crippen MR) is 200 cm³/mol. The summed E-state index contributed by atoms with van der Waals surface area (Å²) in [6.45, 7) is 0. The van der Waals surface area contributed by atoms with Crippen LogP contribution in [-0.4, -0.2) is 0 Å². The summed E-state index contributed by atoms with van der Waals surface area (Å²) in [7, 11) is 0. The van der Waals surface area contributed by atoms with Crippen molar-refractivity contribution in [2.45, 2.75) is 0 Å². The highest BCUT2D eigenvalue weighted by molar-refractivity contribution is 6.28. The molecule has 10 rings (SSSR count). The van der Waals surface area contributed by atoms with Crippen LogP contribution in [0.5, 0.6) is 0 Å². The Balaban J connectivity index is 1.52. The second-order valence-electron chi connectivity index (χ2n) is 11.8. The first-order valence-electron chi connectivity index (χ1n) is 19.1. The van der Waals surface area contributed by atoms with Crippen LogP contribution in [-0.2, 0) is 0 Å². The second-order valence-corrected chi connectivity index (χ2v) is 11.8. The molecule has 9 aromatic carbocycles. The third kappa shape index (κ3) is 3.90. The van der Waals surface area contributed by atoms with Crippen molar-refractivity contribution in [3.8, 4) is 33.4 Å². The molecule has 1 heteroatoms. The van der Waals surface area contributed by atoms with Gasteiger partial charge in [-0.15, -0.1) is 0 Å². The Hall–Kier alpha value is -6.18. The van der Waals surface area contributed by atoms with Crippen LogP contribution in [0.25, 0.3) is 98.4 Å². The normalized spacial score (nSPS) is 13.9. The van der Waals surface area contributed by atoms with Crippen LogP contribution in [0.1, 0.15) is 9.60 Å². The molecular formula is C46H28O. The second kappa shape index (κ2) is 10.2. The van der Waals surface area contributed by atoms with Gasteiger partial charge in [-0.2, -0.15) is 0 Å². The highest BCUT2D eigenvalue weighted by atomic mass is 16.3. The van der Waals surface area contributed by atoms with Gasteiger partial charge in [0, 0.05) is 16.2 Å². The lowest BCUT2D eigenvalue weighted by atomic mass is 9.83. The zero-order valence-corrected chi connectivity index (χ0v) is 25.0. The van der Waals surface area contributed by atoms with Crippen LogP contribution in [0.2, 0.25) is 0 Å². The average molecular weight is 604 g/mol. The molecular weight excluding hydrogens is 569 g/mol. The van der Waals surface area contributed by atoms with Gasteiger partial charge in [0.1, 0.15) is 11.2 Å². The Kier molecular flexibility index (Phi) is 4.34. The molecule has 0 fully saturated rings. The van der Waals surface area contributed by atoms with Crippen LogP contribution < -0.4 is 0 Å². The van der Waals surface area contributed by atoms with E-state index in [1.54, 1.807) is 0 Å². The summed E-state index contributed by atoms with van der Waals surface area (Å²) >= 11 is 0. The molecule has 0 radical (unpaired) electrons. The van der Waals surface area contributed by atoms with E-state index in [0.29, 0.717) is 44.4 Å². The summed E-state index contributed by atoms with van der Waals surface area (Å²) in [6.07, 6.45) is 0. The maximum atomic E-state index is 10.0. The minimum absolute atomic E-state index is 0.00548. The topological polar surface area (TPSA) is 13.1 Å². The maximum absolute atomic E-state index is 10.0. The molecule has 0 unspecified atom stereocenters. The average Bonchev–Trinajstić information content (AvgIpc) is 3.60. The van der Waals surface area contributed by atoms with E-state index in [9.17, 15) is 6.85 Å². The highest BCUT2D eigenvalue weighted by Crippen LogP contribution is 2.49. The van der Waals surface area contributed by atoms with Crippen molar-refractivity contribution in [2.75, 3.05) is 0 Å². The van der Waals surface area contributed by atoms with Crippen LogP contribution in [0.3, 0.4) is 0 Å². The van der Waals surface area contributed by atoms with Crippen LogP contribution in [0, 0.1) is 0 Å². The van der Waals surface area contributed by atoms with Gasteiger partial charge in [-0.1, -0.05) is 152 Å². The molecule has 0 spiro atoms. The number of fused-ring (bicyclic) bond motifs is 8. The quantitative estimate of drug-likeness (QED) is 0.183. The van der Waals surface area contributed by atoms with Crippen LogP contribution >= 0.6 is 0 Å². The van der Waals surface area contributed by atoms with Gasteiger partial charge in [0.15, 0.2) is 0 Å². The Bertz CT molecular complexity index is 3230. The van der Waals surface area contributed by atoms with E-state index in [4.69, 9.17) is 7.16 Å². The van der Waals surface area contributed by atoms with Crippen molar-refractivity contribution in [3.63, 3.8) is 0 Å². The monoisotopic (exact) mass is 603 g/mol. The molecule has 0 aliphatic heterocycles. The zero-order valence-electron chi connectivity index (χ0n) is 32.0. The summed E-state index contributed by atoms with van der Waals surface area (Å²) in [4.78, 5) is 0. The van der Waals surface area contributed by atoms with E-state index in [1.165, 1.54) is 0 Å². The maximum Gasteiger partial charge on any atom is 0.143 e. The molecule has 1 heterocycles. The number of hydrogen-bond acceptors (Lipinski definition) is 1. The summed E-state index contributed by atoms with van der Waals surface area (Å²) in [5, 5.41) is 6.30. The fraction of sp³-hybridized carbons (Fsp3) is 0. The van der Waals surface area contributed by atoms with Crippen molar-refractivity contribution in [3.05, 3.63) is 170 Å². The lowest BCUT2D eigenvalue weighted by Gasteiger charge is -2.20. The third-order valence-electron chi connectivity index (χ3n) is 9.28. The molecule has 0 atom stereocenters. The van der Waals surface area contributed by atoms with E-state index < -0.39 is 12.1 Å². The standard InChI is InChI=1S/C46H28O/c1-2-12-29(13-3-1)32-25-26-38-41(28-32)44(35-21-10-16-30-14-4-6-17-33(30)35)37-20-9-8-19-36(37)43(38)39-22-11-23-42-45(39)40-27-24-31-15-5-7-18-34(31)46(40)47-42/h1-28H/i8D,9D,19D,20D,25D,26D,28D. The Labute approximate surface area is 281 Å². The molecule has 218 valence electrons. The fourth-order valence-corrected chi connectivity index (χ4v) is 7.21. The molecule has 0 aliphatic carbocycles. The summed E-state index contributed by atoms with van der Waals surface area (Å²) < 4.78 is 72.9. The SMILES string of the molecule is [2H]c1c([2H])c([2H])c2c(-c3cccc4oc5c6ccccc6ccc5c34)c3c([2H])c([2H])c(-c4ccccc4)c([2H])c3c(-c3cccc4ccccc34)c2c1[2H]. The van der Waals surface area contributed by atoms with Gasteiger partial charge in [-0.05, 0) is 89.3 Å². The number of benzene rings is 9. The van der Waals surface area contributed by atoms with Gasteiger partial charge >= 0.3 is 0 Å². The lowest BCUT2D eigenvalue weighted by molar-refractivity contribution is 0.673. The largest absolute Gasteiger partial charge is 0.455 e. The van der Waals surface area contributed by atoms with Gasteiger partial charge < -0.3 is 4.42 Å². The van der Waals surface area contributed by atoms with E-state index in [2.05, 4.69) is 0 Å². The molecule has 0 amide bonds. The zero-order chi connectivity index (χ0) is 37.0. The van der Waals surface area contributed by atoms with Gasteiger partial charge in [-0.25, -0.2) is 0 Å². The van der Waals surface area contributed by atoms with E-state index in [1.807, 2.05) is 127 Å². The van der Waals surface area contributed by atoms with Crippen molar-refractivity contribution in [1.82, 2.24) is 0 Å². The molecule has 0 saturated heterocycles. The number of furan rings is 1. The van der Waals surface area contributed by atoms with Gasteiger partial charge in [0.2, 0.25) is 0 Å². The molecule has 0 aliphatic rings. The van der Waals surface area contributed by atoms with Gasteiger partial charge in [0.05, 0.1) is 9.60 Å². The smallest absolute Gasteiger partial charge is 0.143 e. The van der Waals surface area contributed by atoms with E-state index in [-0.39, 0.29) is 51.9 Å². The first-order chi connectivity index (χ1) is 26.3. The number of rotatable bonds is 3. The van der Waals surface area contributed by atoms with Crippen molar-refractivity contribution >= 4 is 65.0 Å². The van der Waals surface area contributed by atoms with E-state index >= 15 is 0 Å². The summed E-state index contributed by atoms with van der Waals surface area (Å²) in [6, 6.07) is 38.8. The van der Waals surface area contributed by atoms with Crippen molar-refractivity contribution < 1.29 is 14.0 Å². The van der Waals surface area contributed by atoms with Crippen LogP contribution in [0.15, 0.2) is 174 Å². The highest BCUT2D eigenvalue weighted by Gasteiger charge is 2.22. The Morgan fingerprint density at radius 1 is 0.404 bits per heavy atom. The Morgan fingerprint density at radius 3 is 1.87 bits per heavy atom. The lowest BCUT2D eigenvalue weighted by Crippen LogP contribution is -1.93. The first kappa shape index (κ1) is 20.0. The molecule has 0 saturated carbocycles. The summed E-state index contributed by atoms with van der Waals surface area (Å²) in [5.41, 5.74) is 4.19. The molecule has 10 aromatic rings. The van der Waals surface area contributed by atoms with Gasteiger partial charge in [0.25, 0.3) is 0 Å². The predicted octanol–water partition coefficient (Wildman–Crippen LogP) is 13.2. The molecule has 0 bridgehead atoms. The summed E-state index contributed by atoms with van der Waals surface area (Å²) in [5.74, 6) is 0. The third-order valence-corrected chi connectivity index (χ3v) is 9.28. The molecule has 1 aromatic heterocycles. The minimum atomic E-state index is -0.406. The van der Waals surface area contributed by atoms with Crippen molar-refractivity contribution in [1.29, 1.82) is 0 Å². The fourth-order valence-electron chi connectivity index (χ4n) is 7.21. The van der Waals surface area contributed by atoms with Gasteiger partial charge in [-0.3, -0.25) is 0 Å². The van der Waals surface area contributed by atoms with E-state index in [0.717, 1.165) is 32.3 Å². The first-order valence-corrected chi connectivity index (χ1v) is 15.6. The van der Waals surface area contributed by atoms with Crippen LogP contribution in [0.4, 0.5) is 0 Å².